The molecule has 2 amide bonds. The van der Waals surface area contributed by atoms with Gasteiger partial charge in [0.2, 0.25) is 5.91 Å². The highest BCUT2D eigenvalue weighted by molar-refractivity contribution is 9.10. The van der Waals surface area contributed by atoms with Crippen molar-refractivity contribution in [2.24, 2.45) is 0 Å². The lowest BCUT2D eigenvalue weighted by molar-refractivity contribution is -0.147. The molecule has 0 atom stereocenters. The Morgan fingerprint density at radius 2 is 1.51 bits per heavy atom. The number of hydrogen-bond acceptors (Lipinski definition) is 5. The molecule has 0 fully saturated rings. The van der Waals surface area contributed by atoms with Crippen molar-refractivity contribution in [3.63, 3.8) is 0 Å². The lowest BCUT2D eigenvalue weighted by Gasteiger charge is -2.09. The zero-order chi connectivity index (χ0) is 25.2. The summed E-state index contributed by atoms with van der Waals surface area (Å²) in [6, 6.07) is 20.2. The van der Waals surface area contributed by atoms with E-state index >= 15 is 0 Å². The second-order valence-electron chi connectivity index (χ2n) is 8.02. The number of halogens is 1. The number of anilines is 2. The van der Waals surface area contributed by atoms with E-state index in [9.17, 15) is 14.4 Å². The van der Waals surface area contributed by atoms with E-state index in [1.807, 2.05) is 50.2 Å². The molecule has 2 N–H and O–H groups in total. The van der Waals surface area contributed by atoms with Gasteiger partial charge in [0.15, 0.2) is 6.61 Å². The summed E-state index contributed by atoms with van der Waals surface area (Å²) in [5.74, 6) is 0.240. The summed E-state index contributed by atoms with van der Waals surface area (Å²) < 4.78 is 11.7. The smallest absolute Gasteiger partial charge is 0.306 e. The predicted octanol–water partition coefficient (Wildman–Crippen LogP) is 6.15. The van der Waals surface area contributed by atoms with Crippen molar-refractivity contribution in [1.82, 2.24) is 0 Å². The Kier molecular flexibility index (Phi) is 9.43. The third-order valence-electron chi connectivity index (χ3n) is 4.95. The Morgan fingerprint density at radius 3 is 2.23 bits per heavy atom. The van der Waals surface area contributed by atoms with Crippen LogP contribution in [0.5, 0.6) is 11.5 Å². The van der Waals surface area contributed by atoms with Crippen LogP contribution in [0.3, 0.4) is 0 Å². The van der Waals surface area contributed by atoms with Gasteiger partial charge in [-0.15, -0.1) is 0 Å². The number of ether oxygens (including phenoxy) is 2. The number of benzene rings is 3. The monoisotopic (exact) mass is 538 g/mol. The van der Waals surface area contributed by atoms with Gasteiger partial charge in [-0.05, 0) is 86.0 Å². The Bertz CT molecular complexity index is 1190. The van der Waals surface area contributed by atoms with Gasteiger partial charge in [0.05, 0.1) is 0 Å². The Labute approximate surface area is 213 Å². The van der Waals surface area contributed by atoms with Crippen molar-refractivity contribution in [3.8, 4) is 11.5 Å². The van der Waals surface area contributed by atoms with Crippen LogP contribution in [-0.4, -0.2) is 24.4 Å². The van der Waals surface area contributed by atoms with Crippen molar-refractivity contribution >= 4 is 45.1 Å². The summed E-state index contributed by atoms with van der Waals surface area (Å²) in [6.07, 6.45) is 0.509. The molecule has 35 heavy (non-hydrogen) atoms. The van der Waals surface area contributed by atoms with Crippen molar-refractivity contribution in [2.75, 3.05) is 17.2 Å². The van der Waals surface area contributed by atoms with Crippen LogP contribution in [0.4, 0.5) is 11.4 Å². The molecule has 0 saturated carbocycles. The minimum absolute atomic E-state index is 0.0430. The summed E-state index contributed by atoms with van der Waals surface area (Å²) in [5.41, 5.74) is 3.34. The minimum atomic E-state index is -0.530. The normalized spacial score (nSPS) is 10.4. The maximum Gasteiger partial charge on any atom is 0.306 e. The fraction of sp³-hybridized carbons (Fsp3) is 0.222. The first-order valence-electron chi connectivity index (χ1n) is 11.1. The van der Waals surface area contributed by atoms with E-state index in [1.54, 1.807) is 30.3 Å². The van der Waals surface area contributed by atoms with Crippen LogP contribution in [0.2, 0.25) is 0 Å². The minimum Gasteiger partial charge on any atom is -0.457 e. The number of nitrogens with one attached hydrogen (secondary N) is 2. The SMILES string of the molecule is Cc1cccc(Oc2ccc(NC(=O)CCCC(=O)OCC(=O)Nc3ccc(Br)c(C)c3)cc2)c1. The van der Waals surface area contributed by atoms with E-state index in [2.05, 4.69) is 26.6 Å². The van der Waals surface area contributed by atoms with Crippen molar-refractivity contribution in [2.45, 2.75) is 33.1 Å². The first kappa shape index (κ1) is 26.0. The van der Waals surface area contributed by atoms with E-state index in [0.717, 1.165) is 21.3 Å². The lowest BCUT2D eigenvalue weighted by Crippen LogP contribution is -2.21. The molecular weight excluding hydrogens is 512 g/mol. The van der Waals surface area contributed by atoms with E-state index in [0.29, 0.717) is 23.5 Å². The molecule has 7 nitrogen and oxygen atoms in total. The lowest BCUT2D eigenvalue weighted by atomic mass is 10.2. The van der Waals surface area contributed by atoms with Gasteiger partial charge < -0.3 is 20.1 Å². The molecule has 182 valence electrons. The maximum atomic E-state index is 12.2. The fourth-order valence-corrected chi connectivity index (χ4v) is 3.42. The summed E-state index contributed by atoms with van der Waals surface area (Å²) in [5, 5.41) is 5.46. The molecule has 3 aromatic rings. The number of aryl methyl sites for hydroxylation is 2. The molecule has 0 aliphatic carbocycles. The first-order chi connectivity index (χ1) is 16.8. The van der Waals surface area contributed by atoms with Gasteiger partial charge >= 0.3 is 5.97 Å². The molecule has 0 spiro atoms. The van der Waals surface area contributed by atoms with E-state index in [4.69, 9.17) is 9.47 Å². The standard InChI is InChI=1S/C27H27BrN2O5/c1-18-5-3-6-23(15-18)35-22-12-9-20(10-13-22)29-25(31)7-4-8-27(33)34-17-26(32)30-21-11-14-24(28)19(2)16-21/h3,5-6,9-16H,4,7-8,17H2,1-2H3,(H,29,31)(H,30,32). The maximum absolute atomic E-state index is 12.2. The zero-order valence-electron chi connectivity index (χ0n) is 19.6. The quantitative estimate of drug-likeness (QED) is 0.302. The molecule has 3 rings (SSSR count). The van der Waals surface area contributed by atoms with E-state index in [1.165, 1.54) is 0 Å². The van der Waals surface area contributed by atoms with Gasteiger partial charge in [-0.1, -0.05) is 28.1 Å². The highest BCUT2D eigenvalue weighted by Crippen LogP contribution is 2.24. The molecule has 3 aromatic carbocycles. The number of amides is 2. The summed E-state index contributed by atoms with van der Waals surface area (Å²) >= 11 is 3.40. The molecule has 0 unspecified atom stereocenters. The second kappa shape index (κ2) is 12.7. The molecule has 0 radical (unpaired) electrons. The summed E-state index contributed by atoms with van der Waals surface area (Å²) in [4.78, 5) is 36.0. The topological polar surface area (TPSA) is 93.7 Å². The molecule has 8 heteroatoms. The Hall–Kier alpha value is -3.65. The zero-order valence-corrected chi connectivity index (χ0v) is 21.2. The van der Waals surface area contributed by atoms with E-state index < -0.39 is 11.9 Å². The van der Waals surface area contributed by atoms with Crippen molar-refractivity contribution in [1.29, 1.82) is 0 Å². The summed E-state index contributed by atoms with van der Waals surface area (Å²) in [7, 11) is 0. The molecule has 0 saturated heterocycles. The molecule has 0 aromatic heterocycles. The first-order valence-corrected chi connectivity index (χ1v) is 11.9. The highest BCUT2D eigenvalue weighted by Gasteiger charge is 2.10. The molecule has 0 aliphatic heterocycles. The number of esters is 1. The van der Waals surface area contributed by atoms with Crippen LogP contribution in [0.1, 0.15) is 30.4 Å². The van der Waals surface area contributed by atoms with Crippen LogP contribution in [0.25, 0.3) is 0 Å². The van der Waals surface area contributed by atoms with Gasteiger partial charge in [0, 0.05) is 28.7 Å². The van der Waals surface area contributed by atoms with Crippen molar-refractivity contribution < 1.29 is 23.9 Å². The van der Waals surface area contributed by atoms with Crippen molar-refractivity contribution in [3.05, 3.63) is 82.3 Å². The number of carbonyl (C=O) groups is 3. The highest BCUT2D eigenvalue weighted by atomic mass is 79.9. The molecule has 0 aliphatic rings. The second-order valence-corrected chi connectivity index (χ2v) is 8.87. The van der Waals surface area contributed by atoms with Gasteiger partial charge in [-0.3, -0.25) is 14.4 Å². The van der Waals surface area contributed by atoms with Crippen LogP contribution in [0.15, 0.2) is 71.2 Å². The predicted molar refractivity (Wildman–Crippen MR) is 139 cm³/mol. The number of carbonyl (C=O) groups excluding carboxylic acids is 3. The van der Waals surface area contributed by atoms with Crippen LogP contribution in [-0.2, 0) is 19.1 Å². The number of rotatable bonds is 10. The molecule has 0 bridgehead atoms. The van der Waals surface area contributed by atoms with Crippen LogP contribution >= 0.6 is 15.9 Å². The molecule has 0 heterocycles. The Morgan fingerprint density at radius 1 is 0.800 bits per heavy atom. The third-order valence-corrected chi connectivity index (χ3v) is 5.84. The van der Waals surface area contributed by atoms with Gasteiger partial charge in [0.1, 0.15) is 11.5 Å². The van der Waals surface area contributed by atoms with Crippen LogP contribution < -0.4 is 15.4 Å². The average Bonchev–Trinajstić information content (AvgIpc) is 2.81. The third kappa shape index (κ3) is 8.90. The van der Waals surface area contributed by atoms with Gasteiger partial charge in [-0.2, -0.15) is 0 Å². The largest absolute Gasteiger partial charge is 0.457 e. The van der Waals surface area contributed by atoms with Gasteiger partial charge in [-0.25, -0.2) is 0 Å². The van der Waals surface area contributed by atoms with Crippen LogP contribution in [0, 0.1) is 13.8 Å². The number of hydrogen-bond donors (Lipinski definition) is 2. The van der Waals surface area contributed by atoms with E-state index in [-0.39, 0.29) is 25.4 Å². The Balaban J connectivity index is 1.33. The van der Waals surface area contributed by atoms with Gasteiger partial charge in [0.25, 0.3) is 5.91 Å². The fourth-order valence-electron chi connectivity index (χ4n) is 3.18. The molecular formula is C27H27BrN2O5. The summed E-state index contributed by atoms with van der Waals surface area (Å²) in [6.45, 7) is 3.52. The average molecular weight is 539 g/mol.